The molecule has 0 amide bonds. The molecule has 1 rings (SSSR count). The van der Waals surface area contributed by atoms with Gasteiger partial charge in [-0.2, -0.15) is 0 Å². The molecule has 102 valence electrons. The zero-order valence-electron chi connectivity index (χ0n) is 11.7. The summed E-state index contributed by atoms with van der Waals surface area (Å²) in [5, 5.41) is 10.2. The van der Waals surface area contributed by atoms with Gasteiger partial charge in [0.2, 0.25) is 0 Å². The molecule has 1 aromatic rings. The number of rotatable bonds is 4. The van der Waals surface area contributed by atoms with Crippen LogP contribution in [0.15, 0.2) is 18.2 Å². The Morgan fingerprint density at radius 2 is 1.78 bits per heavy atom. The maximum atomic E-state index is 10.2. The van der Waals surface area contributed by atoms with E-state index in [0.29, 0.717) is 11.5 Å². The number of methoxy groups -OCH3 is 2. The Balaban J connectivity index is 3.09. The molecular formula is C14H23NO3. The summed E-state index contributed by atoms with van der Waals surface area (Å²) in [4.78, 5) is 0. The van der Waals surface area contributed by atoms with E-state index in [4.69, 9.17) is 15.2 Å². The van der Waals surface area contributed by atoms with Crippen LogP contribution in [0.5, 0.6) is 11.5 Å². The summed E-state index contributed by atoms with van der Waals surface area (Å²) >= 11 is 0. The number of ether oxygens (including phenoxy) is 2. The van der Waals surface area contributed by atoms with E-state index in [1.54, 1.807) is 20.3 Å². The van der Waals surface area contributed by atoms with E-state index in [9.17, 15) is 5.11 Å². The second kappa shape index (κ2) is 5.59. The Kier molecular flexibility index (Phi) is 4.59. The van der Waals surface area contributed by atoms with Crippen molar-refractivity contribution in [2.24, 2.45) is 11.1 Å². The van der Waals surface area contributed by atoms with Crippen LogP contribution in [0.1, 0.15) is 32.4 Å². The van der Waals surface area contributed by atoms with E-state index in [2.05, 4.69) is 0 Å². The van der Waals surface area contributed by atoms with Gasteiger partial charge in [0.15, 0.2) is 0 Å². The molecule has 0 aromatic heterocycles. The van der Waals surface area contributed by atoms with E-state index in [1.807, 2.05) is 32.9 Å². The molecule has 18 heavy (non-hydrogen) atoms. The minimum Gasteiger partial charge on any atom is -0.497 e. The van der Waals surface area contributed by atoms with E-state index in [0.717, 1.165) is 5.56 Å². The van der Waals surface area contributed by atoms with Crippen LogP contribution in [0.2, 0.25) is 0 Å². The molecule has 0 fully saturated rings. The second-order valence-electron chi connectivity index (χ2n) is 5.44. The van der Waals surface area contributed by atoms with Gasteiger partial charge in [-0.1, -0.05) is 20.8 Å². The Bertz CT molecular complexity index is 399. The molecule has 4 nitrogen and oxygen atoms in total. The second-order valence-corrected chi connectivity index (χ2v) is 5.44. The van der Waals surface area contributed by atoms with Crippen molar-refractivity contribution < 1.29 is 14.6 Å². The van der Waals surface area contributed by atoms with Crippen molar-refractivity contribution >= 4 is 0 Å². The van der Waals surface area contributed by atoms with E-state index in [-0.39, 0.29) is 5.41 Å². The maximum absolute atomic E-state index is 10.2. The monoisotopic (exact) mass is 253 g/mol. The molecule has 0 aliphatic heterocycles. The highest BCUT2D eigenvalue weighted by Crippen LogP contribution is 2.34. The average Bonchev–Trinajstić information content (AvgIpc) is 2.35. The number of hydrogen-bond donors (Lipinski definition) is 2. The highest BCUT2D eigenvalue weighted by atomic mass is 16.5. The first-order chi connectivity index (χ1) is 8.31. The largest absolute Gasteiger partial charge is 0.497 e. The molecule has 0 saturated carbocycles. The first-order valence-corrected chi connectivity index (χ1v) is 5.96. The van der Waals surface area contributed by atoms with Gasteiger partial charge in [0.25, 0.3) is 0 Å². The van der Waals surface area contributed by atoms with Gasteiger partial charge >= 0.3 is 0 Å². The van der Waals surface area contributed by atoms with Crippen LogP contribution >= 0.6 is 0 Å². The zero-order valence-corrected chi connectivity index (χ0v) is 11.7. The summed E-state index contributed by atoms with van der Waals surface area (Å²) in [6.45, 7) is 5.86. The molecule has 1 aromatic carbocycles. The third-order valence-corrected chi connectivity index (χ3v) is 3.03. The first kappa shape index (κ1) is 14.8. The van der Waals surface area contributed by atoms with Crippen LogP contribution in [-0.2, 0) is 0 Å². The molecule has 0 saturated heterocycles. The van der Waals surface area contributed by atoms with Crippen molar-refractivity contribution in [3.63, 3.8) is 0 Å². The topological polar surface area (TPSA) is 64.7 Å². The molecule has 4 heteroatoms. The first-order valence-electron chi connectivity index (χ1n) is 5.96. The van der Waals surface area contributed by atoms with Crippen molar-refractivity contribution in [3.05, 3.63) is 23.8 Å². The van der Waals surface area contributed by atoms with Crippen molar-refractivity contribution in [2.45, 2.75) is 32.9 Å². The molecule has 3 N–H and O–H groups in total. The van der Waals surface area contributed by atoms with Crippen LogP contribution in [-0.4, -0.2) is 25.4 Å². The van der Waals surface area contributed by atoms with E-state index < -0.39 is 12.1 Å². The van der Waals surface area contributed by atoms with Crippen molar-refractivity contribution in [3.8, 4) is 11.5 Å². The van der Waals surface area contributed by atoms with Gasteiger partial charge in [-0.3, -0.25) is 0 Å². The molecular weight excluding hydrogens is 230 g/mol. The van der Waals surface area contributed by atoms with Gasteiger partial charge < -0.3 is 20.3 Å². The SMILES string of the molecule is COc1ccc([C@H](N)[C@H](O)C(C)(C)C)c(OC)c1. The van der Waals surface area contributed by atoms with Crippen LogP contribution in [0.25, 0.3) is 0 Å². The van der Waals surface area contributed by atoms with E-state index in [1.165, 1.54) is 0 Å². The molecule has 0 spiro atoms. The van der Waals surface area contributed by atoms with Crippen LogP contribution in [0, 0.1) is 5.41 Å². The van der Waals surface area contributed by atoms with Gasteiger partial charge in [-0.05, 0) is 17.5 Å². The number of aliphatic hydroxyl groups is 1. The minimum absolute atomic E-state index is 0.287. The summed E-state index contributed by atoms with van der Waals surface area (Å²) in [5.41, 5.74) is 6.61. The van der Waals surface area contributed by atoms with Gasteiger partial charge in [0, 0.05) is 11.6 Å². The lowest BCUT2D eigenvalue weighted by Gasteiger charge is -2.31. The summed E-state index contributed by atoms with van der Waals surface area (Å²) in [7, 11) is 3.17. The Hall–Kier alpha value is -1.26. The number of benzene rings is 1. The molecule has 0 heterocycles. The van der Waals surface area contributed by atoms with Crippen LogP contribution in [0.3, 0.4) is 0 Å². The maximum Gasteiger partial charge on any atom is 0.127 e. The fraction of sp³-hybridized carbons (Fsp3) is 0.571. The number of hydrogen-bond acceptors (Lipinski definition) is 4. The lowest BCUT2D eigenvalue weighted by Crippen LogP contribution is -2.37. The summed E-state index contributed by atoms with van der Waals surface area (Å²) in [6.07, 6.45) is -0.653. The Labute approximate surface area is 109 Å². The predicted octanol–water partition coefficient (Wildman–Crippen LogP) is 2.11. The van der Waals surface area contributed by atoms with Crippen molar-refractivity contribution in [2.75, 3.05) is 14.2 Å². The fourth-order valence-corrected chi connectivity index (χ4v) is 1.80. The van der Waals surface area contributed by atoms with Crippen molar-refractivity contribution in [1.29, 1.82) is 0 Å². The quantitative estimate of drug-likeness (QED) is 0.862. The van der Waals surface area contributed by atoms with Crippen molar-refractivity contribution in [1.82, 2.24) is 0 Å². The Morgan fingerprint density at radius 1 is 1.17 bits per heavy atom. The third-order valence-electron chi connectivity index (χ3n) is 3.03. The van der Waals surface area contributed by atoms with Gasteiger partial charge in [0.05, 0.1) is 26.4 Å². The lowest BCUT2D eigenvalue weighted by molar-refractivity contribution is 0.0394. The summed E-state index contributed by atoms with van der Waals surface area (Å²) < 4.78 is 10.4. The van der Waals surface area contributed by atoms with Crippen LogP contribution in [0.4, 0.5) is 0 Å². The standard InChI is InChI=1S/C14H23NO3/c1-14(2,3)13(16)12(15)10-7-6-9(17-4)8-11(10)18-5/h6-8,12-13,16H,15H2,1-5H3/t12-,13-/m0/s1. The zero-order chi connectivity index (χ0) is 13.9. The van der Waals surface area contributed by atoms with Crippen LogP contribution < -0.4 is 15.2 Å². The van der Waals surface area contributed by atoms with Gasteiger partial charge in [-0.25, -0.2) is 0 Å². The highest BCUT2D eigenvalue weighted by Gasteiger charge is 2.30. The smallest absolute Gasteiger partial charge is 0.127 e. The Morgan fingerprint density at radius 3 is 2.22 bits per heavy atom. The average molecular weight is 253 g/mol. The summed E-state index contributed by atoms with van der Waals surface area (Å²) in [5.74, 6) is 1.33. The number of aliphatic hydroxyl groups excluding tert-OH is 1. The van der Waals surface area contributed by atoms with E-state index >= 15 is 0 Å². The van der Waals surface area contributed by atoms with Gasteiger partial charge in [-0.15, -0.1) is 0 Å². The minimum atomic E-state index is -0.653. The number of nitrogens with two attached hydrogens (primary N) is 1. The molecule has 0 unspecified atom stereocenters. The highest BCUT2D eigenvalue weighted by molar-refractivity contribution is 5.42. The normalized spacial score (nSPS) is 15.1. The molecule has 0 aliphatic carbocycles. The summed E-state index contributed by atoms with van der Waals surface area (Å²) in [6, 6.07) is 4.92. The molecule has 2 atom stereocenters. The van der Waals surface area contributed by atoms with Gasteiger partial charge in [0.1, 0.15) is 11.5 Å². The molecule has 0 aliphatic rings. The third kappa shape index (κ3) is 3.15. The lowest BCUT2D eigenvalue weighted by atomic mass is 9.82. The predicted molar refractivity (Wildman–Crippen MR) is 71.9 cm³/mol. The molecule has 0 radical (unpaired) electrons. The molecule has 0 bridgehead atoms. The fourth-order valence-electron chi connectivity index (χ4n) is 1.80.